The summed E-state index contributed by atoms with van der Waals surface area (Å²) in [5.41, 5.74) is 6.62. The monoisotopic (exact) mass is 297 g/mol. The summed E-state index contributed by atoms with van der Waals surface area (Å²) in [4.78, 5) is 8.09. The van der Waals surface area contributed by atoms with E-state index in [9.17, 15) is 0 Å². The molecule has 2 N–H and O–H groups in total. The number of nitrogens with two attached hydrogens (primary N) is 1. The molecule has 0 fully saturated rings. The molecule has 6 heteroatoms. The number of hydrogen-bond donors (Lipinski definition) is 1. The summed E-state index contributed by atoms with van der Waals surface area (Å²) in [7, 11) is 0. The van der Waals surface area contributed by atoms with Gasteiger partial charge in [0.2, 0.25) is 5.88 Å². The predicted molar refractivity (Wildman–Crippen MR) is 77.1 cm³/mol. The van der Waals surface area contributed by atoms with Crippen molar-refractivity contribution in [3.05, 3.63) is 40.1 Å². The smallest absolute Gasteiger partial charge is 0.227 e. The normalized spacial score (nSPS) is 10.8. The highest BCUT2D eigenvalue weighted by atomic mass is 35.5. The number of rotatable bonds is 3. The van der Waals surface area contributed by atoms with E-state index >= 15 is 0 Å². The Morgan fingerprint density at radius 1 is 1.11 bits per heavy atom. The highest BCUT2D eigenvalue weighted by Gasteiger charge is 2.15. The molecule has 1 heterocycles. The number of ether oxygens (including phenoxy) is 1. The first kappa shape index (κ1) is 13.9. The first-order valence-corrected chi connectivity index (χ1v) is 6.47. The molecular formula is C13H13Cl2N3O. The fourth-order valence-electron chi connectivity index (χ4n) is 1.72. The van der Waals surface area contributed by atoms with Crippen molar-refractivity contribution >= 4 is 29.0 Å². The van der Waals surface area contributed by atoms with Crippen molar-refractivity contribution in [3.8, 4) is 11.6 Å². The molecule has 0 saturated heterocycles. The van der Waals surface area contributed by atoms with Crippen LogP contribution in [0.25, 0.3) is 0 Å². The lowest BCUT2D eigenvalue weighted by Crippen LogP contribution is -2.04. The van der Waals surface area contributed by atoms with Crippen molar-refractivity contribution in [3.63, 3.8) is 0 Å². The fourth-order valence-corrected chi connectivity index (χ4v) is 2.22. The maximum Gasteiger partial charge on any atom is 0.227 e. The van der Waals surface area contributed by atoms with Crippen LogP contribution in [-0.4, -0.2) is 9.97 Å². The molecule has 1 aromatic carbocycles. The quantitative estimate of drug-likeness (QED) is 0.918. The van der Waals surface area contributed by atoms with Gasteiger partial charge in [-0.1, -0.05) is 37.0 Å². The van der Waals surface area contributed by atoms with Gasteiger partial charge in [-0.3, -0.25) is 0 Å². The Bertz CT molecular complexity index is 582. The first-order chi connectivity index (χ1) is 8.97. The molecule has 1 aromatic heterocycles. The van der Waals surface area contributed by atoms with Crippen molar-refractivity contribution in [1.29, 1.82) is 0 Å². The molecule has 4 nitrogen and oxygen atoms in total. The lowest BCUT2D eigenvalue weighted by molar-refractivity contribution is 0.452. The van der Waals surface area contributed by atoms with E-state index in [2.05, 4.69) is 9.97 Å². The summed E-state index contributed by atoms with van der Waals surface area (Å²) in [6.07, 6.45) is 1.36. The number of benzene rings is 1. The molecule has 100 valence electrons. The zero-order valence-corrected chi connectivity index (χ0v) is 12.0. The van der Waals surface area contributed by atoms with Crippen LogP contribution in [0.3, 0.4) is 0 Å². The fraction of sp³-hybridized carbons (Fsp3) is 0.231. The van der Waals surface area contributed by atoms with Crippen LogP contribution in [-0.2, 0) is 0 Å². The molecule has 0 bridgehead atoms. The van der Waals surface area contributed by atoms with Crippen LogP contribution in [0.1, 0.15) is 25.3 Å². The van der Waals surface area contributed by atoms with Crippen LogP contribution in [0.5, 0.6) is 11.6 Å². The summed E-state index contributed by atoms with van der Waals surface area (Å²) >= 11 is 11.9. The van der Waals surface area contributed by atoms with E-state index < -0.39 is 0 Å². The zero-order chi connectivity index (χ0) is 14.0. The maximum absolute atomic E-state index is 5.93. The zero-order valence-electron chi connectivity index (χ0n) is 10.5. The van der Waals surface area contributed by atoms with Gasteiger partial charge in [0.15, 0.2) is 0 Å². The highest BCUT2D eigenvalue weighted by Crippen LogP contribution is 2.33. The van der Waals surface area contributed by atoms with Crippen LogP contribution in [0.2, 0.25) is 10.0 Å². The van der Waals surface area contributed by atoms with Crippen molar-refractivity contribution < 1.29 is 4.74 Å². The Labute approximate surface area is 121 Å². The van der Waals surface area contributed by atoms with Gasteiger partial charge in [-0.05, 0) is 24.1 Å². The van der Waals surface area contributed by atoms with E-state index in [-0.39, 0.29) is 5.92 Å². The molecule has 0 atom stereocenters. The van der Waals surface area contributed by atoms with Crippen LogP contribution >= 0.6 is 23.2 Å². The van der Waals surface area contributed by atoms with Gasteiger partial charge in [0.05, 0.1) is 5.56 Å². The van der Waals surface area contributed by atoms with E-state index in [1.165, 1.54) is 6.33 Å². The number of halogens is 2. The Hall–Kier alpha value is -1.52. The van der Waals surface area contributed by atoms with Crippen LogP contribution in [0.15, 0.2) is 24.5 Å². The van der Waals surface area contributed by atoms with E-state index in [1.54, 1.807) is 18.2 Å². The van der Waals surface area contributed by atoms with Gasteiger partial charge in [-0.2, -0.15) is 0 Å². The molecule has 0 aliphatic rings. The number of nitrogens with zero attached hydrogens (tertiary/aromatic N) is 2. The van der Waals surface area contributed by atoms with E-state index in [4.69, 9.17) is 33.7 Å². The minimum absolute atomic E-state index is 0.144. The van der Waals surface area contributed by atoms with E-state index in [0.717, 1.165) is 5.56 Å². The Morgan fingerprint density at radius 3 is 2.32 bits per heavy atom. The Balaban J connectivity index is 2.40. The summed E-state index contributed by atoms with van der Waals surface area (Å²) < 4.78 is 5.71. The van der Waals surface area contributed by atoms with Gasteiger partial charge < -0.3 is 10.5 Å². The van der Waals surface area contributed by atoms with Gasteiger partial charge >= 0.3 is 0 Å². The van der Waals surface area contributed by atoms with Crippen LogP contribution in [0.4, 0.5) is 5.82 Å². The Morgan fingerprint density at radius 2 is 1.74 bits per heavy atom. The van der Waals surface area contributed by atoms with Gasteiger partial charge in [0.25, 0.3) is 0 Å². The first-order valence-electron chi connectivity index (χ1n) is 5.71. The number of hydrogen-bond acceptors (Lipinski definition) is 4. The molecule has 0 radical (unpaired) electrons. The molecule has 2 aromatic rings. The standard InChI is InChI=1S/C13H13Cl2N3O/c1-7(2)11-12(16)17-6-18-13(11)19-10-4-8(14)3-9(15)5-10/h3-7H,1-2H3,(H2,16,17,18). The largest absolute Gasteiger partial charge is 0.438 e. The average molecular weight is 298 g/mol. The predicted octanol–water partition coefficient (Wildman–Crippen LogP) is 4.28. The average Bonchev–Trinajstić information content (AvgIpc) is 2.26. The summed E-state index contributed by atoms with van der Waals surface area (Å²) in [6, 6.07) is 4.96. The molecule has 0 aliphatic heterocycles. The summed E-state index contributed by atoms with van der Waals surface area (Å²) in [5, 5.41) is 0.992. The maximum atomic E-state index is 5.93. The molecule has 2 rings (SSSR count). The molecule has 0 amide bonds. The number of nitrogen functional groups attached to an aromatic ring is 1. The summed E-state index contributed by atoms with van der Waals surface area (Å²) in [6.45, 7) is 3.99. The van der Waals surface area contributed by atoms with Crippen LogP contribution in [0, 0.1) is 0 Å². The molecule has 0 aliphatic carbocycles. The lowest BCUT2D eigenvalue weighted by Gasteiger charge is -2.14. The van der Waals surface area contributed by atoms with E-state index in [0.29, 0.717) is 27.5 Å². The third-order valence-corrected chi connectivity index (χ3v) is 2.94. The molecule has 0 spiro atoms. The van der Waals surface area contributed by atoms with Gasteiger partial charge in [0.1, 0.15) is 17.9 Å². The second-order valence-electron chi connectivity index (χ2n) is 4.34. The number of aromatic nitrogens is 2. The molecular weight excluding hydrogens is 285 g/mol. The third-order valence-electron chi connectivity index (χ3n) is 2.51. The number of anilines is 1. The minimum atomic E-state index is 0.144. The molecule has 19 heavy (non-hydrogen) atoms. The Kier molecular flexibility index (Phi) is 4.12. The summed E-state index contributed by atoms with van der Waals surface area (Å²) in [5.74, 6) is 1.48. The minimum Gasteiger partial charge on any atom is -0.438 e. The van der Waals surface area contributed by atoms with Crippen molar-refractivity contribution in [2.75, 3.05) is 5.73 Å². The van der Waals surface area contributed by atoms with E-state index in [1.807, 2.05) is 13.8 Å². The van der Waals surface area contributed by atoms with Crippen LogP contribution < -0.4 is 10.5 Å². The van der Waals surface area contributed by atoms with Gasteiger partial charge in [-0.15, -0.1) is 0 Å². The van der Waals surface area contributed by atoms with Gasteiger partial charge in [0, 0.05) is 10.0 Å². The SMILES string of the molecule is CC(C)c1c(N)ncnc1Oc1cc(Cl)cc(Cl)c1. The lowest BCUT2D eigenvalue weighted by atomic mass is 10.1. The van der Waals surface area contributed by atoms with Crippen molar-refractivity contribution in [1.82, 2.24) is 9.97 Å². The van der Waals surface area contributed by atoms with Crippen molar-refractivity contribution in [2.45, 2.75) is 19.8 Å². The highest BCUT2D eigenvalue weighted by molar-refractivity contribution is 6.34. The molecule has 0 unspecified atom stereocenters. The van der Waals surface area contributed by atoms with Crippen molar-refractivity contribution in [2.24, 2.45) is 0 Å². The second kappa shape index (κ2) is 5.63. The molecule has 0 saturated carbocycles. The topological polar surface area (TPSA) is 61.0 Å². The second-order valence-corrected chi connectivity index (χ2v) is 5.21. The van der Waals surface area contributed by atoms with Gasteiger partial charge in [-0.25, -0.2) is 9.97 Å². The third kappa shape index (κ3) is 3.28.